The number of ether oxygens (including phenoxy) is 1. The molecule has 4 aromatic rings. The minimum Gasteiger partial charge on any atom is -0.445 e. The van der Waals surface area contributed by atoms with Gasteiger partial charge in [-0.2, -0.15) is 0 Å². The lowest BCUT2D eigenvalue weighted by Crippen LogP contribution is -2.60. The molecule has 5 rings (SSSR count). The summed E-state index contributed by atoms with van der Waals surface area (Å²) < 4.78 is 5.53. The molecule has 3 N–H and O–H groups in total. The van der Waals surface area contributed by atoms with E-state index in [1.165, 1.54) is 0 Å². The molecule has 1 aromatic heterocycles. The Bertz CT molecular complexity index is 1400. The molecule has 0 saturated carbocycles. The minimum absolute atomic E-state index is 0.123. The van der Waals surface area contributed by atoms with E-state index < -0.39 is 11.6 Å². The molecule has 1 aliphatic rings. The van der Waals surface area contributed by atoms with Gasteiger partial charge in [-0.25, -0.2) is 4.79 Å². The summed E-state index contributed by atoms with van der Waals surface area (Å²) in [7, 11) is 0. The fraction of sp³-hybridized carbons (Fsp3) is 0.200. The lowest BCUT2D eigenvalue weighted by molar-refractivity contribution is -0.128. The van der Waals surface area contributed by atoms with Crippen LogP contribution >= 0.6 is 0 Å². The lowest BCUT2D eigenvalue weighted by Gasteiger charge is -2.34. The predicted octanol–water partition coefficient (Wildman–Crippen LogP) is 5.67. The average molecular weight is 480 g/mol. The number of amides is 2. The first-order chi connectivity index (χ1) is 17.5. The van der Waals surface area contributed by atoms with Crippen LogP contribution in [0.15, 0.2) is 91.1 Å². The third-order valence-electron chi connectivity index (χ3n) is 6.71. The number of aromatic nitrogens is 1. The SMILES string of the molecule is C[C@H](NC(=O)C1(NC(=O)OCc2ccccc2)C/C=C\c2cccc3[nH]cc(c23)C1)c1ccccc1. The number of hydrogen-bond donors (Lipinski definition) is 3. The Hall–Kier alpha value is -4.32. The third kappa shape index (κ3) is 4.89. The molecule has 2 atom stereocenters. The maximum atomic E-state index is 13.9. The molecule has 0 spiro atoms. The minimum atomic E-state index is -1.23. The zero-order valence-corrected chi connectivity index (χ0v) is 20.2. The van der Waals surface area contributed by atoms with E-state index in [-0.39, 0.29) is 18.6 Å². The van der Waals surface area contributed by atoms with Gasteiger partial charge in [-0.1, -0.05) is 84.9 Å². The van der Waals surface area contributed by atoms with E-state index in [1.54, 1.807) is 0 Å². The van der Waals surface area contributed by atoms with Gasteiger partial charge in [-0.05, 0) is 41.7 Å². The second kappa shape index (κ2) is 10.1. The van der Waals surface area contributed by atoms with E-state index in [2.05, 4.69) is 21.7 Å². The van der Waals surface area contributed by atoms with Crippen LogP contribution in [0.1, 0.15) is 41.6 Å². The fourth-order valence-corrected chi connectivity index (χ4v) is 4.79. The first-order valence-corrected chi connectivity index (χ1v) is 12.1. The van der Waals surface area contributed by atoms with Gasteiger partial charge in [-0.3, -0.25) is 4.79 Å². The Labute approximate surface area is 210 Å². The molecule has 182 valence electrons. The summed E-state index contributed by atoms with van der Waals surface area (Å²) in [5, 5.41) is 7.14. The Morgan fingerprint density at radius 2 is 1.75 bits per heavy atom. The predicted molar refractivity (Wildman–Crippen MR) is 141 cm³/mol. The molecule has 6 nitrogen and oxygen atoms in total. The first kappa shape index (κ1) is 23.4. The summed E-state index contributed by atoms with van der Waals surface area (Å²) in [5.74, 6) is -0.256. The molecule has 1 heterocycles. The van der Waals surface area contributed by atoms with Crippen molar-refractivity contribution in [2.45, 2.75) is 38.0 Å². The summed E-state index contributed by atoms with van der Waals surface area (Å²) in [6.07, 6.45) is 5.90. The number of benzene rings is 3. The van der Waals surface area contributed by atoms with Crippen LogP contribution in [-0.4, -0.2) is 22.5 Å². The number of hydrogen-bond acceptors (Lipinski definition) is 3. The van der Waals surface area contributed by atoms with Gasteiger partial charge in [0, 0.05) is 23.5 Å². The van der Waals surface area contributed by atoms with E-state index in [9.17, 15) is 9.59 Å². The van der Waals surface area contributed by atoms with E-state index >= 15 is 0 Å². The van der Waals surface area contributed by atoms with Gasteiger partial charge in [0.05, 0.1) is 6.04 Å². The molecule has 1 aliphatic carbocycles. The zero-order valence-electron chi connectivity index (χ0n) is 20.2. The number of alkyl carbamates (subject to hydrolysis) is 1. The number of nitrogens with one attached hydrogen (secondary N) is 3. The van der Waals surface area contributed by atoms with Gasteiger partial charge < -0.3 is 20.4 Å². The lowest BCUT2D eigenvalue weighted by atomic mass is 9.83. The highest BCUT2D eigenvalue weighted by atomic mass is 16.5. The fourth-order valence-electron chi connectivity index (χ4n) is 4.79. The van der Waals surface area contributed by atoms with Crippen molar-refractivity contribution >= 4 is 29.0 Å². The second-order valence-electron chi connectivity index (χ2n) is 9.24. The first-order valence-electron chi connectivity index (χ1n) is 12.1. The van der Waals surface area contributed by atoms with Crippen molar-refractivity contribution in [3.63, 3.8) is 0 Å². The molecular formula is C30H29N3O3. The van der Waals surface area contributed by atoms with Crippen LogP contribution in [0, 0.1) is 0 Å². The molecule has 0 radical (unpaired) electrons. The average Bonchev–Trinajstić information content (AvgIpc) is 3.30. The van der Waals surface area contributed by atoms with Gasteiger partial charge in [0.15, 0.2) is 0 Å². The standard InChI is InChI=1S/C30H29N3O3/c1-21(23-12-6-3-7-13-23)32-28(34)30(33-29(35)36-20-22-10-4-2-5-11-22)17-9-15-24-14-8-16-26-27(24)25(18-30)19-31-26/h2-16,19,21,31H,17-18,20H2,1H3,(H,32,34)(H,33,35)/b15-9-/t21-,30?/m0/s1. The molecule has 2 amide bonds. The Balaban J connectivity index is 1.44. The van der Waals surface area contributed by atoms with E-state index in [4.69, 9.17) is 4.74 Å². The highest BCUT2D eigenvalue weighted by molar-refractivity contribution is 5.96. The van der Waals surface area contributed by atoms with Crippen molar-refractivity contribution < 1.29 is 14.3 Å². The third-order valence-corrected chi connectivity index (χ3v) is 6.71. The largest absolute Gasteiger partial charge is 0.445 e. The number of H-pyrrole nitrogens is 1. The van der Waals surface area contributed by atoms with Crippen molar-refractivity contribution in [1.82, 2.24) is 15.6 Å². The highest BCUT2D eigenvalue weighted by Gasteiger charge is 2.41. The quantitative estimate of drug-likeness (QED) is 0.333. The number of carbonyl (C=O) groups is 2. The number of aromatic amines is 1. The number of rotatable bonds is 6. The summed E-state index contributed by atoms with van der Waals surface area (Å²) >= 11 is 0. The van der Waals surface area contributed by atoms with Crippen LogP contribution in [0.2, 0.25) is 0 Å². The van der Waals surface area contributed by atoms with E-state index in [1.807, 2.05) is 98.1 Å². The summed E-state index contributed by atoms with van der Waals surface area (Å²) in [5.41, 5.74) is 3.69. The highest BCUT2D eigenvalue weighted by Crippen LogP contribution is 2.32. The second-order valence-corrected chi connectivity index (χ2v) is 9.24. The topological polar surface area (TPSA) is 83.2 Å². The van der Waals surface area contributed by atoms with Crippen LogP contribution in [0.5, 0.6) is 0 Å². The van der Waals surface area contributed by atoms with Gasteiger partial charge in [-0.15, -0.1) is 0 Å². The van der Waals surface area contributed by atoms with Gasteiger partial charge >= 0.3 is 6.09 Å². The van der Waals surface area contributed by atoms with E-state index in [0.717, 1.165) is 33.2 Å². The van der Waals surface area contributed by atoms with E-state index in [0.29, 0.717) is 12.8 Å². The van der Waals surface area contributed by atoms with Crippen LogP contribution < -0.4 is 10.6 Å². The molecule has 36 heavy (non-hydrogen) atoms. The summed E-state index contributed by atoms with van der Waals surface area (Å²) in [4.78, 5) is 30.2. The van der Waals surface area contributed by atoms with Crippen LogP contribution in [0.4, 0.5) is 4.79 Å². The zero-order chi connectivity index (χ0) is 25.0. The molecule has 0 fully saturated rings. The van der Waals surface area contributed by atoms with Crippen LogP contribution in [0.3, 0.4) is 0 Å². The molecular weight excluding hydrogens is 450 g/mol. The molecule has 1 unspecified atom stereocenters. The summed E-state index contributed by atoms with van der Waals surface area (Å²) in [6, 6.07) is 25.1. The maximum Gasteiger partial charge on any atom is 0.408 e. The molecule has 3 aromatic carbocycles. The van der Waals surface area contributed by atoms with Crippen molar-refractivity contribution in [2.24, 2.45) is 0 Å². The van der Waals surface area contributed by atoms with Crippen LogP contribution in [0.25, 0.3) is 17.0 Å². The smallest absolute Gasteiger partial charge is 0.408 e. The Morgan fingerprint density at radius 1 is 1.00 bits per heavy atom. The maximum absolute atomic E-state index is 13.9. The van der Waals surface area contributed by atoms with Gasteiger partial charge in [0.25, 0.3) is 0 Å². The summed E-state index contributed by atoms with van der Waals surface area (Å²) in [6.45, 7) is 2.06. The van der Waals surface area contributed by atoms with Crippen LogP contribution in [-0.2, 0) is 22.6 Å². The van der Waals surface area contributed by atoms with Gasteiger partial charge in [0.1, 0.15) is 12.1 Å². The molecule has 6 heteroatoms. The Kier molecular flexibility index (Phi) is 6.58. The Morgan fingerprint density at radius 3 is 2.53 bits per heavy atom. The van der Waals surface area contributed by atoms with Gasteiger partial charge in [0.2, 0.25) is 5.91 Å². The molecule has 0 saturated heterocycles. The molecule has 0 aliphatic heterocycles. The monoisotopic (exact) mass is 479 g/mol. The van der Waals surface area contributed by atoms with Crippen molar-refractivity contribution in [3.8, 4) is 0 Å². The van der Waals surface area contributed by atoms with Crippen molar-refractivity contribution in [2.75, 3.05) is 0 Å². The molecule has 0 bridgehead atoms. The van der Waals surface area contributed by atoms with Crippen molar-refractivity contribution in [1.29, 1.82) is 0 Å². The number of carbonyl (C=O) groups excluding carboxylic acids is 2. The normalized spacial score (nSPS) is 18.5. The van der Waals surface area contributed by atoms with Crippen molar-refractivity contribution in [3.05, 3.63) is 113 Å².